The first kappa shape index (κ1) is 15.2. The first-order valence-corrected chi connectivity index (χ1v) is 8.38. The van der Waals surface area contributed by atoms with E-state index in [1.165, 1.54) is 21.9 Å². The van der Waals surface area contributed by atoms with Crippen LogP contribution in [0.4, 0.5) is 0 Å². The molecule has 0 spiro atoms. The topological polar surface area (TPSA) is 13.1 Å². The summed E-state index contributed by atoms with van der Waals surface area (Å²) in [6.45, 7) is 0. The van der Waals surface area contributed by atoms with Gasteiger partial charge >= 0.3 is 0 Å². The molecule has 0 aliphatic rings. The molecule has 1 heteroatoms. The maximum atomic E-state index is 5.65. The minimum Gasteiger partial charge on any atom is -0.456 e. The van der Waals surface area contributed by atoms with Gasteiger partial charge in [0.1, 0.15) is 11.2 Å². The average Bonchev–Trinajstić information content (AvgIpc) is 3.09. The Bertz CT molecular complexity index is 988. The van der Waals surface area contributed by atoms with Gasteiger partial charge in [-0.1, -0.05) is 97.1 Å². The molecular weight excluding hydrogens is 304 g/mol. The summed E-state index contributed by atoms with van der Waals surface area (Å²) >= 11 is 0. The van der Waals surface area contributed by atoms with E-state index in [9.17, 15) is 0 Å². The Morgan fingerprint density at radius 2 is 0.720 bits per heavy atom. The third kappa shape index (κ3) is 3.31. The van der Waals surface area contributed by atoms with Crippen LogP contribution in [-0.2, 0) is 0 Å². The number of para-hydroxylation sites is 2. The zero-order chi connectivity index (χ0) is 16.9. The van der Waals surface area contributed by atoms with Gasteiger partial charge in [0, 0.05) is 10.8 Å². The van der Waals surface area contributed by atoms with E-state index in [-0.39, 0.29) is 0 Å². The smallest absolute Gasteiger partial charge is 0.135 e. The highest BCUT2D eigenvalue weighted by Crippen LogP contribution is 2.27. The van der Waals surface area contributed by atoms with Crippen molar-refractivity contribution in [1.82, 2.24) is 0 Å². The van der Waals surface area contributed by atoms with Gasteiger partial charge in [-0.15, -0.1) is 0 Å². The Labute approximate surface area is 147 Å². The number of furan rings is 1. The molecule has 0 saturated heterocycles. The van der Waals surface area contributed by atoms with Crippen molar-refractivity contribution in [3.05, 3.63) is 109 Å². The average molecular weight is 322 g/mol. The molecule has 1 nitrogen and oxygen atoms in total. The minimum atomic E-state index is 0.962. The van der Waals surface area contributed by atoms with Crippen molar-refractivity contribution in [3.63, 3.8) is 0 Å². The summed E-state index contributed by atoms with van der Waals surface area (Å²) in [6.07, 6.45) is 0. The lowest BCUT2D eigenvalue weighted by molar-refractivity contribution is 0.669. The second kappa shape index (κ2) is 7.06. The standard InChI is InChI=1S/C12H8O.C12H10/c1-3-7-11-9(5-1)10-6-2-4-8-12(10)13-11;1-3-7-11(8-4-1)12-9-5-2-6-10-12/h1-8H;1-10H. The molecule has 5 aromatic rings. The Hall–Kier alpha value is -3.32. The Morgan fingerprint density at radius 3 is 1.16 bits per heavy atom. The van der Waals surface area contributed by atoms with Gasteiger partial charge in [0.15, 0.2) is 0 Å². The molecule has 0 N–H and O–H groups in total. The lowest BCUT2D eigenvalue weighted by Crippen LogP contribution is -1.73. The van der Waals surface area contributed by atoms with Gasteiger partial charge in [-0.3, -0.25) is 0 Å². The Balaban J connectivity index is 0.000000126. The normalized spacial score (nSPS) is 10.4. The largest absolute Gasteiger partial charge is 0.456 e. The molecule has 0 aliphatic carbocycles. The molecule has 0 saturated carbocycles. The maximum Gasteiger partial charge on any atom is 0.135 e. The first-order chi connectivity index (χ1) is 12.4. The van der Waals surface area contributed by atoms with Crippen molar-refractivity contribution in [2.24, 2.45) is 0 Å². The third-order valence-corrected chi connectivity index (χ3v) is 4.17. The number of hydrogen-bond acceptors (Lipinski definition) is 1. The van der Waals surface area contributed by atoms with Crippen molar-refractivity contribution in [1.29, 1.82) is 0 Å². The van der Waals surface area contributed by atoms with E-state index in [2.05, 4.69) is 60.7 Å². The molecule has 0 aliphatic heterocycles. The minimum absolute atomic E-state index is 0.962. The number of rotatable bonds is 1. The molecular formula is C24H18O. The SMILES string of the molecule is c1ccc(-c2ccccc2)cc1.c1ccc2c(c1)oc1ccccc12. The van der Waals surface area contributed by atoms with Crippen molar-refractivity contribution >= 4 is 21.9 Å². The van der Waals surface area contributed by atoms with Gasteiger partial charge in [-0.2, -0.15) is 0 Å². The van der Waals surface area contributed by atoms with Crippen LogP contribution in [0.15, 0.2) is 114 Å². The predicted octanol–water partition coefficient (Wildman–Crippen LogP) is 6.94. The molecule has 25 heavy (non-hydrogen) atoms. The third-order valence-electron chi connectivity index (χ3n) is 4.17. The Morgan fingerprint density at radius 1 is 0.360 bits per heavy atom. The van der Waals surface area contributed by atoms with Crippen LogP contribution in [0.25, 0.3) is 33.1 Å². The van der Waals surface area contributed by atoms with Crippen LogP contribution < -0.4 is 0 Å². The summed E-state index contributed by atoms with van der Waals surface area (Å²) in [4.78, 5) is 0. The van der Waals surface area contributed by atoms with Crippen molar-refractivity contribution in [2.45, 2.75) is 0 Å². The van der Waals surface area contributed by atoms with Gasteiger partial charge in [-0.25, -0.2) is 0 Å². The highest BCUT2D eigenvalue weighted by atomic mass is 16.3. The fourth-order valence-corrected chi connectivity index (χ4v) is 2.94. The van der Waals surface area contributed by atoms with E-state index in [0.717, 1.165) is 11.2 Å². The molecule has 0 radical (unpaired) electrons. The van der Waals surface area contributed by atoms with Gasteiger partial charge < -0.3 is 4.42 Å². The zero-order valence-corrected chi connectivity index (χ0v) is 13.8. The fraction of sp³-hybridized carbons (Fsp3) is 0. The van der Waals surface area contributed by atoms with Crippen LogP contribution in [0.3, 0.4) is 0 Å². The van der Waals surface area contributed by atoms with E-state index in [0.29, 0.717) is 0 Å². The molecule has 1 aromatic heterocycles. The van der Waals surface area contributed by atoms with Crippen LogP contribution >= 0.6 is 0 Å². The first-order valence-electron chi connectivity index (χ1n) is 8.38. The van der Waals surface area contributed by atoms with Gasteiger partial charge in [0.2, 0.25) is 0 Å². The van der Waals surface area contributed by atoms with Crippen molar-refractivity contribution in [3.8, 4) is 11.1 Å². The van der Waals surface area contributed by atoms with Crippen LogP contribution in [0, 0.1) is 0 Å². The van der Waals surface area contributed by atoms with E-state index >= 15 is 0 Å². The fourth-order valence-electron chi connectivity index (χ4n) is 2.94. The molecule has 4 aromatic carbocycles. The summed E-state index contributed by atoms with van der Waals surface area (Å²) in [5, 5.41) is 2.39. The lowest BCUT2D eigenvalue weighted by Gasteiger charge is -1.98. The van der Waals surface area contributed by atoms with Gasteiger partial charge in [-0.05, 0) is 23.3 Å². The molecule has 1 heterocycles. The second-order valence-corrected chi connectivity index (χ2v) is 5.83. The van der Waals surface area contributed by atoms with Crippen LogP contribution in [0.2, 0.25) is 0 Å². The highest BCUT2D eigenvalue weighted by molar-refractivity contribution is 6.04. The predicted molar refractivity (Wildman–Crippen MR) is 106 cm³/mol. The van der Waals surface area contributed by atoms with E-state index in [4.69, 9.17) is 4.42 Å². The highest BCUT2D eigenvalue weighted by Gasteiger charge is 2.03. The molecule has 0 fully saturated rings. The zero-order valence-electron chi connectivity index (χ0n) is 13.8. The second-order valence-electron chi connectivity index (χ2n) is 5.83. The van der Waals surface area contributed by atoms with Crippen LogP contribution in [-0.4, -0.2) is 0 Å². The summed E-state index contributed by atoms with van der Waals surface area (Å²) in [6, 6.07) is 37.0. The monoisotopic (exact) mass is 322 g/mol. The Kier molecular flexibility index (Phi) is 4.30. The molecule has 0 amide bonds. The van der Waals surface area contributed by atoms with Gasteiger partial charge in [0.25, 0.3) is 0 Å². The van der Waals surface area contributed by atoms with Crippen molar-refractivity contribution < 1.29 is 4.42 Å². The number of fused-ring (bicyclic) bond motifs is 3. The maximum absolute atomic E-state index is 5.65. The molecule has 0 atom stereocenters. The van der Waals surface area contributed by atoms with E-state index in [1.807, 2.05) is 48.5 Å². The van der Waals surface area contributed by atoms with Gasteiger partial charge in [0.05, 0.1) is 0 Å². The molecule has 120 valence electrons. The van der Waals surface area contributed by atoms with Crippen molar-refractivity contribution in [2.75, 3.05) is 0 Å². The number of hydrogen-bond donors (Lipinski definition) is 0. The van der Waals surface area contributed by atoms with Crippen LogP contribution in [0.1, 0.15) is 0 Å². The van der Waals surface area contributed by atoms with E-state index < -0.39 is 0 Å². The summed E-state index contributed by atoms with van der Waals surface area (Å²) in [7, 11) is 0. The van der Waals surface area contributed by atoms with E-state index in [1.54, 1.807) is 0 Å². The molecule has 5 rings (SSSR count). The summed E-state index contributed by atoms with van der Waals surface area (Å²) < 4.78 is 5.65. The number of benzene rings is 4. The quantitative estimate of drug-likeness (QED) is 0.326. The summed E-state index contributed by atoms with van der Waals surface area (Å²) in [5.41, 5.74) is 4.48. The lowest BCUT2D eigenvalue weighted by atomic mass is 10.1. The van der Waals surface area contributed by atoms with Crippen LogP contribution in [0.5, 0.6) is 0 Å². The molecule has 0 unspecified atom stereocenters. The molecule has 0 bridgehead atoms. The summed E-state index contributed by atoms with van der Waals surface area (Å²) in [5.74, 6) is 0.